The van der Waals surface area contributed by atoms with Crippen molar-refractivity contribution < 1.29 is 5.11 Å². The molecule has 0 aromatic carbocycles. The average molecular weight is 170 g/mol. The first-order valence-electron chi connectivity index (χ1n) is 4.78. The molecule has 2 aliphatic rings. The van der Waals surface area contributed by atoms with Gasteiger partial charge in [-0.1, -0.05) is 0 Å². The summed E-state index contributed by atoms with van der Waals surface area (Å²) < 4.78 is 0. The van der Waals surface area contributed by atoms with Crippen LogP contribution in [0.5, 0.6) is 0 Å². The summed E-state index contributed by atoms with van der Waals surface area (Å²) in [7, 11) is 2.15. The largest absolute Gasteiger partial charge is 0.388 e. The highest BCUT2D eigenvalue weighted by Crippen LogP contribution is 2.40. The smallest absolute Gasteiger partial charge is 0.0810 e. The Bertz CT molecular complexity index is 183. The zero-order valence-electron chi connectivity index (χ0n) is 7.66. The minimum absolute atomic E-state index is 0.422. The van der Waals surface area contributed by atoms with Crippen LogP contribution in [0.4, 0.5) is 0 Å². The zero-order chi connectivity index (χ0) is 8.77. The molecule has 3 unspecified atom stereocenters. The Morgan fingerprint density at radius 1 is 1.67 bits per heavy atom. The van der Waals surface area contributed by atoms with Gasteiger partial charge in [-0.3, -0.25) is 0 Å². The van der Waals surface area contributed by atoms with Gasteiger partial charge in [-0.25, -0.2) is 0 Å². The number of fused-ring (bicyclic) bond motifs is 2. The third-order valence-corrected chi connectivity index (χ3v) is 3.71. The van der Waals surface area contributed by atoms with Gasteiger partial charge in [0.15, 0.2) is 0 Å². The Morgan fingerprint density at radius 3 is 3.08 bits per heavy atom. The minimum Gasteiger partial charge on any atom is -0.388 e. The number of nitrogens with zero attached hydrogens (tertiary/aromatic N) is 1. The molecule has 0 radical (unpaired) electrons. The SMILES string of the molecule is CN1CC2CC1CCC2(O)CN. The van der Waals surface area contributed by atoms with E-state index in [0.29, 0.717) is 18.5 Å². The predicted molar refractivity (Wildman–Crippen MR) is 47.8 cm³/mol. The van der Waals surface area contributed by atoms with Gasteiger partial charge in [0.05, 0.1) is 5.60 Å². The fourth-order valence-corrected chi connectivity index (χ4v) is 2.70. The Kier molecular flexibility index (Phi) is 1.90. The number of hydrogen-bond donors (Lipinski definition) is 2. The Labute approximate surface area is 73.5 Å². The summed E-state index contributed by atoms with van der Waals surface area (Å²) in [4.78, 5) is 2.36. The van der Waals surface area contributed by atoms with E-state index in [4.69, 9.17) is 5.73 Å². The molecule has 0 aromatic rings. The van der Waals surface area contributed by atoms with Gasteiger partial charge in [0.25, 0.3) is 0 Å². The fourth-order valence-electron chi connectivity index (χ4n) is 2.70. The summed E-state index contributed by atoms with van der Waals surface area (Å²) in [5.74, 6) is 0.422. The van der Waals surface area contributed by atoms with Crippen molar-refractivity contribution in [3.05, 3.63) is 0 Å². The molecule has 2 fully saturated rings. The number of hydrogen-bond acceptors (Lipinski definition) is 3. The van der Waals surface area contributed by atoms with E-state index in [1.54, 1.807) is 0 Å². The molecule has 0 aromatic heterocycles. The molecule has 3 heteroatoms. The van der Waals surface area contributed by atoms with E-state index < -0.39 is 5.60 Å². The molecule has 3 atom stereocenters. The quantitative estimate of drug-likeness (QED) is 0.572. The molecule has 1 saturated carbocycles. The first-order valence-corrected chi connectivity index (χ1v) is 4.78. The van der Waals surface area contributed by atoms with Gasteiger partial charge in [0, 0.05) is 25.0 Å². The van der Waals surface area contributed by atoms with Crippen LogP contribution >= 0.6 is 0 Å². The van der Waals surface area contributed by atoms with Crippen LogP contribution in [-0.2, 0) is 0 Å². The van der Waals surface area contributed by atoms with Crippen molar-refractivity contribution in [1.29, 1.82) is 0 Å². The topological polar surface area (TPSA) is 49.5 Å². The van der Waals surface area contributed by atoms with Crippen LogP contribution in [0, 0.1) is 5.92 Å². The molecule has 1 aliphatic heterocycles. The molecule has 1 saturated heterocycles. The molecule has 3 N–H and O–H groups in total. The second-order valence-corrected chi connectivity index (χ2v) is 4.37. The van der Waals surface area contributed by atoms with E-state index in [0.717, 1.165) is 25.8 Å². The maximum atomic E-state index is 10.1. The van der Waals surface area contributed by atoms with Crippen LogP contribution in [-0.4, -0.2) is 41.8 Å². The van der Waals surface area contributed by atoms with Gasteiger partial charge in [-0.15, -0.1) is 0 Å². The lowest BCUT2D eigenvalue weighted by atomic mass is 9.76. The predicted octanol–water partition coefficient (Wildman–Crippen LogP) is -0.210. The van der Waals surface area contributed by atoms with Crippen LogP contribution in [0.2, 0.25) is 0 Å². The normalized spacial score (nSPS) is 48.2. The van der Waals surface area contributed by atoms with Crippen molar-refractivity contribution in [2.75, 3.05) is 20.1 Å². The molecule has 2 bridgehead atoms. The molecule has 1 heterocycles. The molecule has 1 aliphatic carbocycles. The summed E-state index contributed by atoms with van der Waals surface area (Å²) in [6.45, 7) is 1.45. The first kappa shape index (κ1) is 8.48. The minimum atomic E-state index is -0.554. The monoisotopic (exact) mass is 170 g/mol. The van der Waals surface area contributed by atoms with E-state index in [9.17, 15) is 5.11 Å². The summed E-state index contributed by atoms with van der Waals surface area (Å²) in [6.07, 6.45) is 3.15. The maximum Gasteiger partial charge on any atom is 0.0810 e. The molecule has 3 nitrogen and oxygen atoms in total. The molecule has 70 valence electrons. The van der Waals surface area contributed by atoms with E-state index in [1.807, 2.05) is 0 Å². The van der Waals surface area contributed by atoms with Crippen LogP contribution in [0.25, 0.3) is 0 Å². The second-order valence-electron chi connectivity index (χ2n) is 4.37. The Hall–Kier alpha value is -0.120. The number of likely N-dealkylation sites (tertiary alicyclic amines) is 1. The van der Waals surface area contributed by atoms with Crippen molar-refractivity contribution in [2.45, 2.75) is 30.9 Å². The highest BCUT2D eigenvalue weighted by atomic mass is 16.3. The highest BCUT2D eigenvalue weighted by molar-refractivity contribution is 5.01. The summed E-state index contributed by atoms with van der Waals surface area (Å²) >= 11 is 0. The van der Waals surface area contributed by atoms with Gasteiger partial charge in [0.1, 0.15) is 0 Å². The van der Waals surface area contributed by atoms with Crippen molar-refractivity contribution >= 4 is 0 Å². The second kappa shape index (κ2) is 2.69. The van der Waals surface area contributed by atoms with Gasteiger partial charge < -0.3 is 15.7 Å². The highest BCUT2D eigenvalue weighted by Gasteiger charge is 2.46. The van der Waals surface area contributed by atoms with Crippen molar-refractivity contribution in [1.82, 2.24) is 4.90 Å². The zero-order valence-corrected chi connectivity index (χ0v) is 7.66. The molecular formula is C9H18N2O. The maximum absolute atomic E-state index is 10.1. The van der Waals surface area contributed by atoms with Crippen LogP contribution in [0.15, 0.2) is 0 Å². The Morgan fingerprint density at radius 2 is 2.42 bits per heavy atom. The third-order valence-electron chi connectivity index (χ3n) is 3.71. The van der Waals surface area contributed by atoms with Crippen molar-refractivity contribution in [3.63, 3.8) is 0 Å². The Balaban J connectivity index is 2.14. The summed E-state index contributed by atoms with van der Waals surface area (Å²) in [6, 6.07) is 0.710. The van der Waals surface area contributed by atoms with Gasteiger partial charge in [-0.05, 0) is 26.3 Å². The molecular weight excluding hydrogens is 152 g/mol. The lowest BCUT2D eigenvalue weighted by molar-refractivity contribution is -0.0246. The standard InChI is InChI=1S/C9H18N2O/c1-11-5-7-4-8(11)2-3-9(7,12)6-10/h7-8,12H,2-6,10H2,1H3. The van der Waals surface area contributed by atoms with Gasteiger partial charge in [-0.2, -0.15) is 0 Å². The van der Waals surface area contributed by atoms with Gasteiger partial charge in [0.2, 0.25) is 0 Å². The fraction of sp³-hybridized carbons (Fsp3) is 1.00. The van der Waals surface area contributed by atoms with E-state index in [2.05, 4.69) is 11.9 Å². The van der Waals surface area contributed by atoms with Crippen LogP contribution in [0.1, 0.15) is 19.3 Å². The number of aliphatic hydroxyl groups is 1. The number of rotatable bonds is 1. The van der Waals surface area contributed by atoms with Crippen LogP contribution in [0.3, 0.4) is 0 Å². The molecule has 12 heavy (non-hydrogen) atoms. The van der Waals surface area contributed by atoms with Crippen molar-refractivity contribution in [2.24, 2.45) is 11.7 Å². The molecule has 0 amide bonds. The first-order chi connectivity index (χ1) is 5.65. The number of nitrogens with two attached hydrogens (primary N) is 1. The molecule has 2 rings (SSSR count). The summed E-state index contributed by atoms with van der Waals surface area (Å²) in [5.41, 5.74) is 5.04. The van der Waals surface area contributed by atoms with Gasteiger partial charge >= 0.3 is 0 Å². The van der Waals surface area contributed by atoms with E-state index in [-0.39, 0.29) is 0 Å². The van der Waals surface area contributed by atoms with Crippen LogP contribution < -0.4 is 5.73 Å². The summed E-state index contributed by atoms with van der Waals surface area (Å²) in [5, 5.41) is 10.1. The van der Waals surface area contributed by atoms with E-state index in [1.165, 1.54) is 0 Å². The molecule has 0 spiro atoms. The lowest BCUT2D eigenvalue weighted by Crippen LogP contribution is -2.47. The van der Waals surface area contributed by atoms with Crippen molar-refractivity contribution in [3.8, 4) is 0 Å². The lowest BCUT2D eigenvalue weighted by Gasteiger charge is -2.36. The third kappa shape index (κ3) is 1.08. The average Bonchev–Trinajstić information content (AvgIpc) is 2.39. The van der Waals surface area contributed by atoms with E-state index >= 15 is 0 Å².